The maximum absolute atomic E-state index is 12.3. The Bertz CT molecular complexity index is 498. The third kappa shape index (κ3) is 4.96. The van der Waals surface area contributed by atoms with E-state index in [0.717, 1.165) is 0 Å². The minimum atomic E-state index is -4.15. The van der Waals surface area contributed by atoms with Crippen molar-refractivity contribution in [1.29, 1.82) is 0 Å². The first-order valence-electron chi connectivity index (χ1n) is 6.72. The van der Waals surface area contributed by atoms with Crippen molar-refractivity contribution in [2.45, 2.75) is 32.0 Å². The number of nitrogens with zero attached hydrogens (tertiary/aromatic N) is 3. The first-order valence-corrected chi connectivity index (χ1v) is 6.72. The third-order valence-electron chi connectivity index (χ3n) is 3.37. The Morgan fingerprint density at radius 1 is 1.38 bits per heavy atom. The summed E-state index contributed by atoms with van der Waals surface area (Å²) in [4.78, 5) is 20.5. The normalized spacial score (nSPS) is 17.7. The van der Waals surface area contributed by atoms with Crippen LogP contribution >= 0.6 is 0 Å². The molecule has 1 fully saturated rings. The number of rotatable bonds is 4. The van der Waals surface area contributed by atoms with Gasteiger partial charge in [-0.1, -0.05) is 0 Å². The topological polar surface area (TPSA) is 58.1 Å². The van der Waals surface area contributed by atoms with Gasteiger partial charge < -0.3 is 5.32 Å². The Kier molecular flexibility index (Phi) is 4.76. The van der Waals surface area contributed by atoms with E-state index < -0.39 is 12.7 Å². The highest BCUT2D eigenvalue weighted by Crippen LogP contribution is 2.21. The number of ketones is 1. The molecular formula is C13H17F3N4O. The second-order valence-corrected chi connectivity index (χ2v) is 5.15. The summed E-state index contributed by atoms with van der Waals surface area (Å²) < 4.78 is 36.9. The predicted octanol–water partition coefficient (Wildman–Crippen LogP) is 2.12. The Balaban J connectivity index is 1.86. The molecule has 0 unspecified atom stereocenters. The van der Waals surface area contributed by atoms with E-state index in [4.69, 9.17) is 0 Å². The third-order valence-corrected chi connectivity index (χ3v) is 3.37. The summed E-state index contributed by atoms with van der Waals surface area (Å²) in [5, 5.41) is 3.15. The zero-order valence-electron chi connectivity index (χ0n) is 11.7. The summed E-state index contributed by atoms with van der Waals surface area (Å²) >= 11 is 0. The minimum absolute atomic E-state index is 0.0594. The first kappa shape index (κ1) is 15.7. The highest BCUT2D eigenvalue weighted by molar-refractivity contribution is 5.92. The summed E-state index contributed by atoms with van der Waals surface area (Å²) in [6.45, 7) is 1.34. The summed E-state index contributed by atoms with van der Waals surface area (Å²) in [5.41, 5.74) is 0.321. The molecule has 0 saturated carbocycles. The van der Waals surface area contributed by atoms with Crippen molar-refractivity contribution in [3.05, 3.63) is 18.1 Å². The molecule has 0 aliphatic carbocycles. The fourth-order valence-electron chi connectivity index (χ4n) is 2.33. The van der Waals surface area contributed by atoms with Gasteiger partial charge in [0.15, 0.2) is 5.78 Å². The summed E-state index contributed by atoms with van der Waals surface area (Å²) in [7, 11) is 0. The van der Waals surface area contributed by atoms with E-state index in [0.29, 0.717) is 37.4 Å². The summed E-state index contributed by atoms with van der Waals surface area (Å²) in [6.07, 6.45) is -1.63. The molecule has 0 spiro atoms. The van der Waals surface area contributed by atoms with Crippen LogP contribution in [0.3, 0.4) is 0 Å². The second-order valence-electron chi connectivity index (χ2n) is 5.15. The van der Waals surface area contributed by atoms with Crippen molar-refractivity contribution in [2.24, 2.45) is 0 Å². The van der Waals surface area contributed by atoms with Gasteiger partial charge in [-0.2, -0.15) is 13.2 Å². The lowest BCUT2D eigenvalue weighted by molar-refractivity contribution is -0.147. The number of halogens is 3. The second kappa shape index (κ2) is 6.38. The number of piperidine rings is 1. The van der Waals surface area contributed by atoms with Crippen LogP contribution in [0.4, 0.5) is 19.0 Å². The van der Waals surface area contributed by atoms with Gasteiger partial charge in [0.2, 0.25) is 0 Å². The van der Waals surface area contributed by atoms with Gasteiger partial charge in [-0.3, -0.25) is 9.69 Å². The lowest BCUT2D eigenvalue weighted by Crippen LogP contribution is -2.43. The fraction of sp³-hybridized carbons (Fsp3) is 0.615. The molecule has 1 aromatic heterocycles. The molecule has 0 amide bonds. The highest BCUT2D eigenvalue weighted by Gasteiger charge is 2.32. The van der Waals surface area contributed by atoms with Crippen LogP contribution in [0.2, 0.25) is 0 Å². The van der Waals surface area contributed by atoms with Gasteiger partial charge in [0.05, 0.1) is 6.54 Å². The van der Waals surface area contributed by atoms with E-state index in [1.807, 2.05) is 0 Å². The molecular weight excluding hydrogens is 285 g/mol. The summed E-state index contributed by atoms with van der Waals surface area (Å²) in [5.74, 6) is 0.380. The molecule has 0 bridgehead atoms. The lowest BCUT2D eigenvalue weighted by atomic mass is 10.1. The number of aromatic nitrogens is 2. The van der Waals surface area contributed by atoms with Crippen LogP contribution in [0.25, 0.3) is 0 Å². The molecule has 1 N–H and O–H groups in total. The standard InChI is InChI=1S/C13H17F3N4O/c1-9(21)11-6-12(18-8-17-11)19-10-2-4-20(5-3-10)7-13(14,15)16/h6,8,10H,2-5,7H2,1H3,(H,17,18,19). The molecule has 8 heteroatoms. The molecule has 1 aliphatic rings. The molecule has 2 heterocycles. The Morgan fingerprint density at radius 2 is 2.05 bits per heavy atom. The molecule has 116 valence electrons. The number of hydrogen-bond donors (Lipinski definition) is 1. The van der Waals surface area contributed by atoms with Gasteiger partial charge in [0, 0.05) is 32.1 Å². The molecule has 0 atom stereocenters. The molecule has 0 aromatic carbocycles. The maximum atomic E-state index is 12.3. The van der Waals surface area contributed by atoms with Crippen LogP contribution in [-0.4, -0.2) is 52.5 Å². The van der Waals surface area contributed by atoms with E-state index >= 15 is 0 Å². The van der Waals surface area contributed by atoms with Crippen molar-refractivity contribution in [1.82, 2.24) is 14.9 Å². The predicted molar refractivity (Wildman–Crippen MR) is 71.2 cm³/mol. The molecule has 21 heavy (non-hydrogen) atoms. The number of nitrogens with one attached hydrogen (secondary N) is 1. The number of carbonyl (C=O) groups excluding carboxylic acids is 1. The molecule has 0 radical (unpaired) electrons. The Hall–Kier alpha value is -1.70. The monoisotopic (exact) mass is 302 g/mol. The number of Topliss-reactive ketones (excluding diaryl/α,β-unsaturated/α-hetero) is 1. The molecule has 1 aromatic rings. The average molecular weight is 302 g/mol. The van der Waals surface area contributed by atoms with Gasteiger partial charge in [0.1, 0.15) is 17.8 Å². The smallest absolute Gasteiger partial charge is 0.367 e. The number of hydrogen-bond acceptors (Lipinski definition) is 5. The number of alkyl halides is 3. The SMILES string of the molecule is CC(=O)c1cc(NC2CCN(CC(F)(F)F)CC2)ncn1. The Morgan fingerprint density at radius 3 is 2.62 bits per heavy atom. The van der Waals surface area contributed by atoms with Crippen molar-refractivity contribution in [3.63, 3.8) is 0 Å². The van der Waals surface area contributed by atoms with Gasteiger partial charge in [-0.25, -0.2) is 9.97 Å². The molecule has 1 aliphatic heterocycles. The lowest BCUT2D eigenvalue weighted by Gasteiger charge is -2.32. The number of likely N-dealkylation sites (tertiary alicyclic amines) is 1. The van der Waals surface area contributed by atoms with Crippen LogP contribution in [0.1, 0.15) is 30.3 Å². The van der Waals surface area contributed by atoms with E-state index in [2.05, 4.69) is 15.3 Å². The average Bonchev–Trinajstić information content (AvgIpc) is 2.40. The quantitative estimate of drug-likeness (QED) is 0.863. The van der Waals surface area contributed by atoms with E-state index in [9.17, 15) is 18.0 Å². The van der Waals surface area contributed by atoms with Crippen LogP contribution in [0.5, 0.6) is 0 Å². The first-order chi connectivity index (χ1) is 9.83. The van der Waals surface area contributed by atoms with Crippen LogP contribution in [-0.2, 0) is 0 Å². The van der Waals surface area contributed by atoms with Gasteiger partial charge in [-0.15, -0.1) is 0 Å². The fourth-order valence-corrected chi connectivity index (χ4v) is 2.33. The molecule has 2 rings (SSSR count). The zero-order chi connectivity index (χ0) is 15.5. The van der Waals surface area contributed by atoms with Crippen molar-refractivity contribution < 1.29 is 18.0 Å². The van der Waals surface area contributed by atoms with Crippen molar-refractivity contribution in [3.8, 4) is 0 Å². The van der Waals surface area contributed by atoms with Crippen LogP contribution in [0, 0.1) is 0 Å². The van der Waals surface area contributed by atoms with Crippen molar-refractivity contribution in [2.75, 3.05) is 25.0 Å². The highest BCUT2D eigenvalue weighted by atomic mass is 19.4. The van der Waals surface area contributed by atoms with Crippen LogP contribution in [0.15, 0.2) is 12.4 Å². The van der Waals surface area contributed by atoms with E-state index in [1.165, 1.54) is 18.2 Å². The maximum Gasteiger partial charge on any atom is 0.401 e. The minimum Gasteiger partial charge on any atom is -0.367 e. The zero-order valence-corrected chi connectivity index (χ0v) is 11.7. The number of carbonyl (C=O) groups is 1. The van der Waals surface area contributed by atoms with Gasteiger partial charge in [-0.05, 0) is 12.8 Å². The van der Waals surface area contributed by atoms with Crippen LogP contribution < -0.4 is 5.32 Å². The summed E-state index contributed by atoms with van der Waals surface area (Å²) in [6, 6.07) is 1.62. The number of anilines is 1. The Labute approximate surface area is 120 Å². The van der Waals surface area contributed by atoms with E-state index in [1.54, 1.807) is 6.07 Å². The largest absolute Gasteiger partial charge is 0.401 e. The van der Waals surface area contributed by atoms with Gasteiger partial charge >= 0.3 is 6.18 Å². The van der Waals surface area contributed by atoms with Crippen molar-refractivity contribution >= 4 is 11.6 Å². The molecule has 5 nitrogen and oxygen atoms in total. The molecule has 1 saturated heterocycles. The van der Waals surface area contributed by atoms with E-state index in [-0.39, 0.29) is 11.8 Å². The van der Waals surface area contributed by atoms with Gasteiger partial charge in [0.25, 0.3) is 0 Å².